The molecule has 0 unspecified atom stereocenters. The molecular weight excluding hydrogens is 441 g/mol. The fourth-order valence-electron chi connectivity index (χ4n) is 4.48. The minimum Gasteiger partial charge on any atom is -0.479 e. The van der Waals surface area contributed by atoms with Gasteiger partial charge in [0.1, 0.15) is 11.2 Å². The first kappa shape index (κ1) is 22.1. The number of halogens is 1. The van der Waals surface area contributed by atoms with E-state index in [9.17, 15) is 14.3 Å². The first-order valence-corrected chi connectivity index (χ1v) is 11.1. The number of fused-ring (bicyclic) bond motifs is 2. The molecule has 0 atom stereocenters. The highest BCUT2D eigenvalue weighted by molar-refractivity contribution is 5.93. The van der Waals surface area contributed by atoms with Crippen LogP contribution in [0.15, 0.2) is 30.7 Å². The summed E-state index contributed by atoms with van der Waals surface area (Å²) < 4.78 is 23.5. The lowest BCUT2D eigenvalue weighted by Crippen LogP contribution is -2.36. The van der Waals surface area contributed by atoms with Crippen LogP contribution in [0.3, 0.4) is 0 Å². The standard InChI is InChI=1S/C23H26FN7O3/c1-23(33)7-4-14(5-8-23)27-22-28-21(34-3)18-15(6-9-31(18)29-22)13-10-16(24)19-26-11-17(20(32)25-2)30(19)12-13/h6,9-12,14,33H,4-5,7-8H2,1-3H3,(H,25,32)(H,27,29)/t14-,23-. The van der Waals surface area contributed by atoms with Gasteiger partial charge in [0.25, 0.3) is 5.91 Å². The van der Waals surface area contributed by atoms with Crippen molar-refractivity contribution in [2.75, 3.05) is 19.5 Å². The van der Waals surface area contributed by atoms with Crippen molar-refractivity contribution < 1.29 is 19.0 Å². The van der Waals surface area contributed by atoms with E-state index in [1.165, 1.54) is 30.8 Å². The summed E-state index contributed by atoms with van der Waals surface area (Å²) in [6.07, 6.45) is 7.78. The number of aliphatic hydroxyl groups is 1. The number of nitrogens with zero attached hydrogens (tertiary/aromatic N) is 5. The highest BCUT2D eigenvalue weighted by Gasteiger charge is 2.29. The maximum absolute atomic E-state index is 14.9. The van der Waals surface area contributed by atoms with Crippen molar-refractivity contribution in [3.05, 3.63) is 42.2 Å². The van der Waals surface area contributed by atoms with E-state index in [1.54, 1.807) is 23.0 Å². The van der Waals surface area contributed by atoms with Gasteiger partial charge in [0, 0.05) is 36.6 Å². The van der Waals surface area contributed by atoms with Gasteiger partial charge in [-0.2, -0.15) is 4.98 Å². The van der Waals surface area contributed by atoms with Gasteiger partial charge in [-0.15, -0.1) is 5.10 Å². The van der Waals surface area contributed by atoms with Crippen LogP contribution >= 0.6 is 0 Å². The maximum Gasteiger partial charge on any atom is 0.269 e. The zero-order valence-electron chi connectivity index (χ0n) is 19.2. The number of anilines is 1. The number of imidazole rings is 1. The smallest absolute Gasteiger partial charge is 0.269 e. The topological polar surface area (TPSA) is 118 Å². The molecule has 0 aromatic carbocycles. The van der Waals surface area contributed by atoms with E-state index in [1.807, 2.05) is 6.92 Å². The van der Waals surface area contributed by atoms with E-state index in [2.05, 4.69) is 25.7 Å². The molecule has 3 N–H and O–H groups in total. The van der Waals surface area contributed by atoms with Gasteiger partial charge in [-0.05, 0) is 44.7 Å². The number of carbonyl (C=O) groups is 1. The minimum atomic E-state index is -0.626. The number of nitrogens with one attached hydrogen (secondary N) is 2. The van der Waals surface area contributed by atoms with Crippen LogP contribution in [0, 0.1) is 5.82 Å². The number of carbonyl (C=O) groups excluding carboxylic acids is 1. The molecule has 4 aromatic heterocycles. The maximum atomic E-state index is 14.9. The molecule has 1 amide bonds. The summed E-state index contributed by atoms with van der Waals surface area (Å²) in [6.45, 7) is 1.86. The third kappa shape index (κ3) is 3.81. The van der Waals surface area contributed by atoms with Gasteiger partial charge >= 0.3 is 0 Å². The molecule has 4 aromatic rings. The van der Waals surface area contributed by atoms with E-state index < -0.39 is 11.4 Å². The van der Waals surface area contributed by atoms with Crippen molar-refractivity contribution in [2.45, 2.75) is 44.2 Å². The Morgan fingerprint density at radius 3 is 2.82 bits per heavy atom. The Bertz CT molecular complexity index is 1380. The number of rotatable bonds is 5. The molecule has 4 heterocycles. The molecule has 0 spiro atoms. The Morgan fingerprint density at radius 1 is 1.35 bits per heavy atom. The molecule has 0 aliphatic heterocycles. The van der Waals surface area contributed by atoms with Gasteiger partial charge in [0.15, 0.2) is 11.5 Å². The number of aromatic nitrogens is 5. The summed E-state index contributed by atoms with van der Waals surface area (Å²) in [4.78, 5) is 20.8. The van der Waals surface area contributed by atoms with Crippen molar-refractivity contribution in [3.8, 4) is 17.0 Å². The van der Waals surface area contributed by atoms with Crippen LogP contribution in [0.1, 0.15) is 43.1 Å². The molecule has 1 aliphatic rings. The first-order valence-electron chi connectivity index (χ1n) is 11.1. The highest BCUT2D eigenvalue weighted by atomic mass is 19.1. The van der Waals surface area contributed by atoms with E-state index >= 15 is 0 Å². The molecule has 0 saturated heterocycles. The SMILES string of the molecule is CNC(=O)c1cnc2c(F)cc(-c3ccn4nc(N[C@H]5CC[C@](C)(O)CC5)nc(OC)c34)cn12. The number of ether oxygens (including phenoxy) is 1. The molecular formula is C23H26FN7O3. The molecule has 1 fully saturated rings. The average molecular weight is 468 g/mol. The fourth-order valence-corrected chi connectivity index (χ4v) is 4.48. The van der Waals surface area contributed by atoms with E-state index in [4.69, 9.17) is 4.74 Å². The zero-order chi connectivity index (χ0) is 24.0. The van der Waals surface area contributed by atoms with Gasteiger partial charge < -0.3 is 20.5 Å². The minimum absolute atomic E-state index is 0.0621. The monoisotopic (exact) mass is 467 g/mol. The van der Waals surface area contributed by atoms with Crippen LogP contribution in [0.25, 0.3) is 22.3 Å². The third-order valence-electron chi connectivity index (χ3n) is 6.40. The van der Waals surface area contributed by atoms with E-state index in [-0.39, 0.29) is 23.3 Å². The van der Waals surface area contributed by atoms with Crippen molar-refractivity contribution in [2.24, 2.45) is 0 Å². The second kappa shape index (κ2) is 8.24. The van der Waals surface area contributed by atoms with Crippen LogP contribution in [0.4, 0.5) is 10.3 Å². The summed E-state index contributed by atoms with van der Waals surface area (Å²) in [7, 11) is 3.02. The molecule has 0 radical (unpaired) electrons. The number of hydrogen-bond acceptors (Lipinski definition) is 7. The molecule has 1 aliphatic carbocycles. The van der Waals surface area contributed by atoms with Crippen LogP contribution in [-0.4, -0.2) is 60.8 Å². The predicted molar refractivity (Wildman–Crippen MR) is 124 cm³/mol. The van der Waals surface area contributed by atoms with Gasteiger partial charge in [-0.25, -0.2) is 13.9 Å². The lowest BCUT2D eigenvalue weighted by molar-refractivity contribution is 0.0195. The molecule has 34 heavy (non-hydrogen) atoms. The summed E-state index contributed by atoms with van der Waals surface area (Å²) in [6, 6.07) is 3.31. The van der Waals surface area contributed by atoms with Crippen LogP contribution in [0.2, 0.25) is 0 Å². The fraction of sp³-hybridized carbons (Fsp3) is 0.391. The lowest BCUT2D eigenvalue weighted by Gasteiger charge is -2.33. The van der Waals surface area contributed by atoms with Gasteiger partial charge in [-0.1, -0.05) is 0 Å². The van der Waals surface area contributed by atoms with Gasteiger partial charge in [-0.3, -0.25) is 9.20 Å². The number of amides is 1. The second-order valence-electron chi connectivity index (χ2n) is 8.88. The summed E-state index contributed by atoms with van der Waals surface area (Å²) in [5, 5.41) is 20.6. The molecule has 10 nitrogen and oxygen atoms in total. The quantitative estimate of drug-likeness (QED) is 0.413. The molecule has 5 rings (SSSR count). The van der Waals surface area contributed by atoms with Crippen molar-refractivity contribution in [1.29, 1.82) is 0 Å². The Kier molecular flexibility index (Phi) is 5.35. The molecule has 0 bridgehead atoms. The molecule has 1 saturated carbocycles. The molecule has 11 heteroatoms. The first-order chi connectivity index (χ1) is 16.3. The number of hydrogen-bond donors (Lipinski definition) is 3. The van der Waals surface area contributed by atoms with Crippen molar-refractivity contribution >= 4 is 23.0 Å². The van der Waals surface area contributed by atoms with Crippen LogP contribution < -0.4 is 15.4 Å². The van der Waals surface area contributed by atoms with Crippen LogP contribution in [-0.2, 0) is 0 Å². The predicted octanol–water partition coefficient (Wildman–Crippen LogP) is 2.66. The van der Waals surface area contributed by atoms with E-state index in [0.717, 1.165) is 12.8 Å². The average Bonchev–Trinajstić information content (AvgIpc) is 3.44. The Morgan fingerprint density at radius 2 is 2.12 bits per heavy atom. The normalized spacial score (nSPS) is 20.6. The third-order valence-corrected chi connectivity index (χ3v) is 6.40. The number of pyridine rings is 1. The molecule has 178 valence electrons. The van der Waals surface area contributed by atoms with Crippen LogP contribution in [0.5, 0.6) is 5.88 Å². The van der Waals surface area contributed by atoms with Crippen molar-refractivity contribution in [1.82, 2.24) is 29.3 Å². The van der Waals surface area contributed by atoms with E-state index in [0.29, 0.717) is 41.3 Å². The summed E-state index contributed by atoms with van der Waals surface area (Å²) >= 11 is 0. The Labute approximate surface area is 194 Å². The lowest BCUT2D eigenvalue weighted by atomic mass is 9.84. The Balaban J connectivity index is 1.54. The van der Waals surface area contributed by atoms with Gasteiger partial charge in [0.2, 0.25) is 11.8 Å². The summed E-state index contributed by atoms with van der Waals surface area (Å²) in [5.41, 5.74) is 1.40. The second-order valence-corrected chi connectivity index (χ2v) is 8.88. The van der Waals surface area contributed by atoms with Crippen molar-refractivity contribution in [3.63, 3.8) is 0 Å². The zero-order valence-corrected chi connectivity index (χ0v) is 19.2. The Hall–Kier alpha value is -3.73. The number of methoxy groups -OCH3 is 1. The summed E-state index contributed by atoms with van der Waals surface area (Å²) in [5.74, 6) is -0.181. The largest absolute Gasteiger partial charge is 0.479 e. The highest BCUT2D eigenvalue weighted by Crippen LogP contribution is 2.33. The van der Waals surface area contributed by atoms with Gasteiger partial charge in [0.05, 0.1) is 18.9 Å².